The molecule has 0 radical (unpaired) electrons. The molecule has 0 heterocycles. The smallest absolute Gasteiger partial charge is 0.323 e. The van der Waals surface area contributed by atoms with E-state index in [0.717, 1.165) is 0 Å². The lowest BCUT2D eigenvalue weighted by molar-refractivity contribution is -0.236. The molecular weight excluding hydrogens is 228 g/mol. The highest BCUT2D eigenvalue weighted by atomic mass is 16.7. The molecular formula is C11H18O6. The van der Waals surface area contributed by atoms with E-state index >= 15 is 0 Å². The summed E-state index contributed by atoms with van der Waals surface area (Å²) >= 11 is 0. The van der Waals surface area contributed by atoms with Gasteiger partial charge in [-0.1, -0.05) is 0 Å². The number of carboxylic acids is 1. The molecule has 0 aromatic heterocycles. The van der Waals surface area contributed by atoms with E-state index in [0.29, 0.717) is 12.8 Å². The number of aliphatic carboxylic acids is 1. The summed E-state index contributed by atoms with van der Waals surface area (Å²) in [6.45, 7) is 0. The summed E-state index contributed by atoms with van der Waals surface area (Å²) in [5.74, 6) is -2.64. The van der Waals surface area contributed by atoms with Gasteiger partial charge in [-0.2, -0.15) is 0 Å². The highest BCUT2D eigenvalue weighted by Gasteiger charge is 2.53. The predicted octanol–water partition coefficient (Wildman–Crippen LogP) is 0.793. The summed E-state index contributed by atoms with van der Waals surface area (Å²) in [7, 11) is 4.21. The second kappa shape index (κ2) is 5.01. The minimum Gasteiger partial charge on any atom is -0.480 e. The molecule has 6 heteroatoms. The maximum absolute atomic E-state index is 11.6. The van der Waals surface area contributed by atoms with E-state index in [2.05, 4.69) is 4.74 Å². The molecule has 1 aliphatic carbocycles. The molecule has 0 aromatic rings. The van der Waals surface area contributed by atoms with Gasteiger partial charge in [0.2, 0.25) is 0 Å². The number of carbonyl (C=O) groups excluding carboxylic acids is 1. The van der Waals surface area contributed by atoms with Crippen molar-refractivity contribution < 1.29 is 28.9 Å². The molecule has 1 rings (SSSR count). The number of methoxy groups -OCH3 is 3. The fourth-order valence-electron chi connectivity index (χ4n) is 2.25. The van der Waals surface area contributed by atoms with Crippen LogP contribution >= 0.6 is 0 Å². The van der Waals surface area contributed by atoms with Crippen LogP contribution in [0.4, 0.5) is 0 Å². The van der Waals surface area contributed by atoms with Crippen molar-refractivity contribution in [3.8, 4) is 0 Å². The van der Waals surface area contributed by atoms with Crippen molar-refractivity contribution in [1.82, 2.24) is 0 Å². The summed E-state index contributed by atoms with van der Waals surface area (Å²) < 4.78 is 15.1. The van der Waals surface area contributed by atoms with Gasteiger partial charge in [-0.25, -0.2) is 0 Å². The van der Waals surface area contributed by atoms with Crippen LogP contribution in [0.2, 0.25) is 0 Å². The Bertz CT molecular complexity index is 297. The number of ether oxygens (including phenoxy) is 3. The third-order valence-corrected chi connectivity index (χ3v) is 3.59. The average molecular weight is 246 g/mol. The quantitative estimate of drug-likeness (QED) is 0.448. The predicted molar refractivity (Wildman–Crippen MR) is 57.3 cm³/mol. The molecule has 6 nitrogen and oxygen atoms in total. The number of hydrogen-bond donors (Lipinski definition) is 1. The Morgan fingerprint density at radius 1 is 1.00 bits per heavy atom. The maximum atomic E-state index is 11.6. The lowest BCUT2D eigenvalue weighted by Crippen LogP contribution is -2.49. The summed E-state index contributed by atoms with van der Waals surface area (Å²) in [6.07, 6.45) is 0.996. The Labute approximate surface area is 99.8 Å². The highest BCUT2D eigenvalue weighted by molar-refractivity contribution is 5.99. The average Bonchev–Trinajstić information content (AvgIpc) is 2.37. The molecule has 0 aromatic carbocycles. The van der Waals surface area contributed by atoms with E-state index in [9.17, 15) is 14.7 Å². The van der Waals surface area contributed by atoms with Crippen molar-refractivity contribution in [3.63, 3.8) is 0 Å². The van der Waals surface area contributed by atoms with Crippen molar-refractivity contribution in [2.45, 2.75) is 31.5 Å². The zero-order valence-electron chi connectivity index (χ0n) is 10.3. The van der Waals surface area contributed by atoms with Gasteiger partial charge < -0.3 is 19.3 Å². The number of hydrogen-bond acceptors (Lipinski definition) is 5. The van der Waals surface area contributed by atoms with Crippen molar-refractivity contribution in [2.24, 2.45) is 5.41 Å². The first-order valence-electron chi connectivity index (χ1n) is 5.38. The normalized spacial score (nSPS) is 21.8. The van der Waals surface area contributed by atoms with E-state index in [1.165, 1.54) is 21.3 Å². The van der Waals surface area contributed by atoms with E-state index in [4.69, 9.17) is 9.47 Å². The van der Waals surface area contributed by atoms with Crippen molar-refractivity contribution in [2.75, 3.05) is 21.3 Å². The SMILES string of the molecule is COC(=O)C1(C(=O)O)CCC(OC)(OC)CC1. The molecule has 1 fully saturated rings. The molecule has 1 aliphatic rings. The van der Waals surface area contributed by atoms with Gasteiger partial charge in [-0.15, -0.1) is 0 Å². The third kappa shape index (κ3) is 2.28. The molecule has 98 valence electrons. The van der Waals surface area contributed by atoms with Crippen LogP contribution in [-0.4, -0.2) is 44.2 Å². The maximum Gasteiger partial charge on any atom is 0.323 e. The van der Waals surface area contributed by atoms with Crippen molar-refractivity contribution in [1.29, 1.82) is 0 Å². The molecule has 0 aliphatic heterocycles. The van der Waals surface area contributed by atoms with E-state index < -0.39 is 23.1 Å². The van der Waals surface area contributed by atoms with Crippen molar-refractivity contribution in [3.05, 3.63) is 0 Å². The van der Waals surface area contributed by atoms with Gasteiger partial charge in [0.25, 0.3) is 0 Å². The molecule has 1 saturated carbocycles. The Balaban J connectivity index is 2.88. The monoisotopic (exact) mass is 246 g/mol. The number of esters is 1. The van der Waals surface area contributed by atoms with E-state index in [-0.39, 0.29) is 12.8 Å². The molecule has 0 saturated heterocycles. The van der Waals surface area contributed by atoms with E-state index in [1.807, 2.05) is 0 Å². The largest absolute Gasteiger partial charge is 0.480 e. The Morgan fingerprint density at radius 3 is 1.76 bits per heavy atom. The van der Waals surface area contributed by atoms with Gasteiger partial charge in [0.1, 0.15) is 0 Å². The van der Waals surface area contributed by atoms with E-state index in [1.54, 1.807) is 0 Å². The fraction of sp³-hybridized carbons (Fsp3) is 0.818. The van der Waals surface area contributed by atoms with Gasteiger partial charge in [-0.3, -0.25) is 9.59 Å². The highest BCUT2D eigenvalue weighted by Crippen LogP contribution is 2.43. The molecule has 0 amide bonds. The second-order valence-corrected chi connectivity index (χ2v) is 4.20. The number of carbonyl (C=O) groups is 2. The minimum absolute atomic E-state index is 0.149. The fourth-order valence-corrected chi connectivity index (χ4v) is 2.25. The number of rotatable bonds is 4. The number of carboxylic acid groups (broad SMARTS) is 1. The molecule has 0 atom stereocenters. The first kappa shape index (κ1) is 13.9. The topological polar surface area (TPSA) is 82.1 Å². The molecule has 0 unspecified atom stereocenters. The van der Waals surface area contributed by atoms with Crippen molar-refractivity contribution >= 4 is 11.9 Å². The van der Waals surface area contributed by atoms with Crippen LogP contribution < -0.4 is 0 Å². The van der Waals surface area contributed by atoms with Gasteiger partial charge in [-0.05, 0) is 12.8 Å². The molecule has 1 N–H and O–H groups in total. The summed E-state index contributed by atoms with van der Waals surface area (Å²) in [4.78, 5) is 22.9. The molecule has 0 spiro atoms. The summed E-state index contributed by atoms with van der Waals surface area (Å²) in [6, 6.07) is 0. The Kier molecular flexibility index (Phi) is 4.11. The van der Waals surface area contributed by atoms with Crippen LogP contribution in [0.25, 0.3) is 0 Å². The molecule has 0 bridgehead atoms. The zero-order chi connectivity index (χ0) is 13.1. The lowest BCUT2D eigenvalue weighted by atomic mass is 9.72. The summed E-state index contributed by atoms with van der Waals surface area (Å²) in [5.41, 5.74) is -1.46. The van der Waals surface area contributed by atoms with Crippen LogP contribution in [0.5, 0.6) is 0 Å². The lowest BCUT2D eigenvalue weighted by Gasteiger charge is -2.40. The third-order valence-electron chi connectivity index (χ3n) is 3.59. The van der Waals surface area contributed by atoms with Crippen LogP contribution in [0.15, 0.2) is 0 Å². The molecule has 17 heavy (non-hydrogen) atoms. The Morgan fingerprint density at radius 2 is 1.47 bits per heavy atom. The van der Waals surface area contributed by atoms with Gasteiger partial charge >= 0.3 is 11.9 Å². The zero-order valence-corrected chi connectivity index (χ0v) is 10.3. The van der Waals surface area contributed by atoms with Crippen LogP contribution in [0.1, 0.15) is 25.7 Å². The first-order valence-corrected chi connectivity index (χ1v) is 5.38. The van der Waals surface area contributed by atoms with Gasteiger partial charge in [0, 0.05) is 27.1 Å². The first-order chi connectivity index (χ1) is 7.96. The van der Waals surface area contributed by atoms with Gasteiger partial charge in [0.15, 0.2) is 11.2 Å². The standard InChI is InChI=1S/C11H18O6/c1-15-9(14)10(8(12)13)4-6-11(16-2,17-3)7-5-10/h4-7H2,1-3H3,(H,12,13). The van der Waals surface area contributed by atoms with Gasteiger partial charge in [0.05, 0.1) is 7.11 Å². The van der Waals surface area contributed by atoms with Crippen LogP contribution in [0.3, 0.4) is 0 Å². The van der Waals surface area contributed by atoms with Crippen LogP contribution in [-0.2, 0) is 23.8 Å². The second-order valence-electron chi connectivity index (χ2n) is 4.20. The van der Waals surface area contributed by atoms with Crippen LogP contribution in [0, 0.1) is 5.41 Å². The summed E-state index contributed by atoms with van der Waals surface area (Å²) in [5, 5.41) is 9.22. The minimum atomic E-state index is -1.46. The Hall–Kier alpha value is -1.14.